The third-order valence-corrected chi connectivity index (χ3v) is 5.92. The van der Waals surface area contributed by atoms with Crippen molar-refractivity contribution >= 4 is 5.97 Å². The molecule has 0 aliphatic carbocycles. The van der Waals surface area contributed by atoms with Gasteiger partial charge < -0.3 is 4.74 Å². The molecule has 0 aliphatic rings. The first-order chi connectivity index (χ1) is 14.2. The predicted octanol–water partition coefficient (Wildman–Crippen LogP) is 9.40. The quantitative estimate of drug-likeness (QED) is 0.124. The Hall–Kier alpha value is -0.530. The summed E-state index contributed by atoms with van der Waals surface area (Å²) in [6.07, 6.45) is 27.1. The van der Waals surface area contributed by atoms with Crippen LogP contribution >= 0.6 is 0 Å². The first-order valence-electron chi connectivity index (χ1n) is 13.3. The van der Waals surface area contributed by atoms with E-state index in [2.05, 4.69) is 20.8 Å². The van der Waals surface area contributed by atoms with Crippen molar-refractivity contribution in [2.45, 2.75) is 156 Å². The van der Waals surface area contributed by atoms with E-state index in [1.165, 1.54) is 116 Å². The van der Waals surface area contributed by atoms with Crippen LogP contribution in [0.15, 0.2) is 0 Å². The Balaban J connectivity index is 3.14. The Morgan fingerprint density at radius 1 is 0.586 bits per heavy atom. The molecule has 0 atom stereocenters. The van der Waals surface area contributed by atoms with Crippen molar-refractivity contribution in [3.63, 3.8) is 0 Å². The van der Waals surface area contributed by atoms with Gasteiger partial charge in [0.2, 0.25) is 0 Å². The molecule has 29 heavy (non-hydrogen) atoms. The molecule has 0 aromatic heterocycles. The third kappa shape index (κ3) is 25.4. The molecule has 0 unspecified atom stereocenters. The van der Waals surface area contributed by atoms with Gasteiger partial charge in [0.05, 0.1) is 6.61 Å². The molecule has 0 aliphatic heterocycles. The van der Waals surface area contributed by atoms with Gasteiger partial charge in [-0.3, -0.25) is 4.79 Å². The minimum atomic E-state index is 0.0156. The van der Waals surface area contributed by atoms with Gasteiger partial charge in [-0.25, -0.2) is 0 Å². The Kier molecular flexibility index (Phi) is 23.3. The van der Waals surface area contributed by atoms with Crippen LogP contribution in [-0.4, -0.2) is 12.6 Å². The van der Waals surface area contributed by atoms with Gasteiger partial charge in [0.1, 0.15) is 0 Å². The van der Waals surface area contributed by atoms with E-state index >= 15 is 0 Å². The standard InChI is InChI=1S/C27H54O2/c1-4-5-6-7-8-9-10-11-12-13-14-15-16-17-21-24-27(28)29-25-22-19-18-20-23-26(2)3/h26H,4-25H2,1-3H3. The van der Waals surface area contributed by atoms with Crippen LogP contribution in [0.4, 0.5) is 0 Å². The van der Waals surface area contributed by atoms with Crippen molar-refractivity contribution in [2.75, 3.05) is 6.61 Å². The van der Waals surface area contributed by atoms with Crippen molar-refractivity contribution in [2.24, 2.45) is 5.92 Å². The number of hydrogen-bond acceptors (Lipinski definition) is 2. The molecule has 0 saturated carbocycles. The van der Waals surface area contributed by atoms with Crippen LogP contribution in [0.3, 0.4) is 0 Å². The van der Waals surface area contributed by atoms with Crippen LogP contribution in [0.2, 0.25) is 0 Å². The summed E-state index contributed by atoms with van der Waals surface area (Å²) in [6, 6.07) is 0. The normalized spacial score (nSPS) is 11.3. The van der Waals surface area contributed by atoms with E-state index < -0.39 is 0 Å². The molecule has 0 aromatic rings. The molecule has 0 fully saturated rings. The van der Waals surface area contributed by atoms with Crippen molar-refractivity contribution < 1.29 is 9.53 Å². The minimum absolute atomic E-state index is 0.0156. The second-order valence-electron chi connectivity index (χ2n) is 9.52. The van der Waals surface area contributed by atoms with Gasteiger partial charge in [-0.2, -0.15) is 0 Å². The van der Waals surface area contributed by atoms with E-state index in [0.717, 1.165) is 18.8 Å². The fourth-order valence-electron chi connectivity index (χ4n) is 3.91. The van der Waals surface area contributed by atoms with Gasteiger partial charge in [-0.05, 0) is 18.8 Å². The summed E-state index contributed by atoms with van der Waals surface area (Å²) in [6.45, 7) is 7.46. The molecule has 2 nitrogen and oxygen atoms in total. The lowest BCUT2D eigenvalue weighted by molar-refractivity contribution is -0.143. The van der Waals surface area contributed by atoms with Crippen LogP contribution in [0.25, 0.3) is 0 Å². The Bertz CT molecular complexity index is 324. The van der Waals surface area contributed by atoms with Gasteiger partial charge in [0.25, 0.3) is 0 Å². The second kappa shape index (κ2) is 23.7. The molecule has 2 heteroatoms. The molecular formula is C27H54O2. The van der Waals surface area contributed by atoms with E-state index in [-0.39, 0.29) is 5.97 Å². The Labute approximate surface area is 184 Å². The molecule has 0 radical (unpaired) electrons. The lowest BCUT2D eigenvalue weighted by Gasteiger charge is -2.06. The van der Waals surface area contributed by atoms with Gasteiger partial charge in [-0.1, -0.05) is 136 Å². The van der Waals surface area contributed by atoms with Crippen molar-refractivity contribution in [3.8, 4) is 0 Å². The molecule has 174 valence electrons. The van der Waals surface area contributed by atoms with Gasteiger partial charge >= 0.3 is 5.97 Å². The number of rotatable bonds is 23. The van der Waals surface area contributed by atoms with E-state index in [1.54, 1.807) is 0 Å². The Morgan fingerprint density at radius 3 is 1.48 bits per heavy atom. The monoisotopic (exact) mass is 410 g/mol. The maximum Gasteiger partial charge on any atom is 0.305 e. The zero-order chi connectivity index (χ0) is 21.4. The summed E-state index contributed by atoms with van der Waals surface area (Å²) >= 11 is 0. The number of unbranched alkanes of at least 4 members (excludes halogenated alkanes) is 17. The molecule has 0 saturated heterocycles. The summed E-state index contributed by atoms with van der Waals surface area (Å²) in [5.74, 6) is 0.824. The van der Waals surface area contributed by atoms with Crippen LogP contribution < -0.4 is 0 Å². The highest BCUT2D eigenvalue weighted by molar-refractivity contribution is 5.69. The summed E-state index contributed by atoms with van der Waals surface area (Å²) in [5, 5.41) is 0. The third-order valence-electron chi connectivity index (χ3n) is 5.92. The lowest BCUT2D eigenvalue weighted by atomic mass is 10.0. The summed E-state index contributed by atoms with van der Waals surface area (Å²) in [4.78, 5) is 11.7. The summed E-state index contributed by atoms with van der Waals surface area (Å²) < 4.78 is 5.35. The van der Waals surface area contributed by atoms with Crippen molar-refractivity contribution in [1.82, 2.24) is 0 Å². The van der Waals surface area contributed by atoms with Crippen molar-refractivity contribution in [1.29, 1.82) is 0 Å². The number of esters is 1. The number of carbonyl (C=O) groups excluding carboxylic acids is 1. The highest BCUT2D eigenvalue weighted by Crippen LogP contribution is 2.14. The summed E-state index contributed by atoms with van der Waals surface area (Å²) in [7, 11) is 0. The largest absolute Gasteiger partial charge is 0.466 e. The minimum Gasteiger partial charge on any atom is -0.466 e. The lowest BCUT2D eigenvalue weighted by Crippen LogP contribution is -2.05. The highest BCUT2D eigenvalue weighted by atomic mass is 16.5. The van der Waals surface area contributed by atoms with Gasteiger partial charge in [0.15, 0.2) is 0 Å². The second-order valence-corrected chi connectivity index (χ2v) is 9.52. The summed E-state index contributed by atoms with van der Waals surface area (Å²) in [5.41, 5.74) is 0. The maximum atomic E-state index is 11.7. The average Bonchev–Trinajstić information content (AvgIpc) is 2.70. The van der Waals surface area contributed by atoms with E-state index in [0.29, 0.717) is 13.0 Å². The molecule has 0 aromatic carbocycles. The molecular weight excluding hydrogens is 356 g/mol. The molecule has 0 N–H and O–H groups in total. The smallest absolute Gasteiger partial charge is 0.305 e. The predicted molar refractivity (Wildman–Crippen MR) is 128 cm³/mol. The maximum absolute atomic E-state index is 11.7. The average molecular weight is 411 g/mol. The first kappa shape index (κ1) is 28.5. The number of carbonyl (C=O) groups is 1. The highest BCUT2D eigenvalue weighted by Gasteiger charge is 2.02. The van der Waals surface area contributed by atoms with Crippen LogP contribution in [0, 0.1) is 5.92 Å². The van der Waals surface area contributed by atoms with Crippen molar-refractivity contribution in [3.05, 3.63) is 0 Å². The molecule has 0 heterocycles. The molecule has 0 bridgehead atoms. The zero-order valence-corrected chi connectivity index (χ0v) is 20.5. The van der Waals surface area contributed by atoms with E-state index in [1.807, 2.05) is 0 Å². The van der Waals surface area contributed by atoms with Gasteiger partial charge in [-0.15, -0.1) is 0 Å². The van der Waals surface area contributed by atoms with E-state index in [4.69, 9.17) is 4.74 Å². The molecule has 0 rings (SSSR count). The SMILES string of the molecule is CCCCCCCCCCCCCCCCCC(=O)OCCCCCCC(C)C. The number of ether oxygens (including phenoxy) is 1. The van der Waals surface area contributed by atoms with Crippen LogP contribution in [0.5, 0.6) is 0 Å². The number of hydrogen-bond donors (Lipinski definition) is 0. The van der Waals surface area contributed by atoms with Gasteiger partial charge in [0, 0.05) is 6.42 Å². The topological polar surface area (TPSA) is 26.3 Å². The van der Waals surface area contributed by atoms with Crippen LogP contribution in [0.1, 0.15) is 156 Å². The molecule has 0 spiro atoms. The fraction of sp³-hybridized carbons (Fsp3) is 0.963. The van der Waals surface area contributed by atoms with Crippen LogP contribution in [-0.2, 0) is 9.53 Å². The Morgan fingerprint density at radius 2 is 1.00 bits per heavy atom. The first-order valence-corrected chi connectivity index (χ1v) is 13.3. The fourth-order valence-corrected chi connectivity index (χ4v) is 3.91. The van der Waals surface area contributed by atoms with E-state index in [9.17, 15) is 4.79 Å². The zero-order valence-electron chi connectivity index (χ0n) is 20.5. The molecule has 0 amide bonds.